The predicted molar refractivity (Wildman–Crippen MR) is 101 cm³/mol. The highest BCUT2D eigenvalue weighted by Gasteiger charge is 2.09. The van der Waals surface area contributed by atoms with Gasteiger partial charge in [0.15, 0.2) is 0 Å². The van der Waals surface area contributed by atoms with Crippen molar-refractivity contribution in [2.75, 3.05) is 0 Å². The lowest BCUT2D eigenvalue weighted by molar-refractivity contribution is 1.42. The van der Waals surface area contributed by atoms with E-state index in [1.54, 1.807) is 11.8 Å². The largest absolute Gasteiger partial charge is 0.192 e. The molecule has 0 aliphatic rings. The third-order valence-electron chi connectivity index (χ3n) is 3.55. The van der Waals surface area contributed by atoms with Gasteiger partial charge in [-0.15, -0.1) is 11.8 Å². The first-order valence-electron chi connectivity index (χ1n) is 7.72. The van der Waals surface area contributed by atoms with E-state index >= 15 is 0 Å². The third-order valence-corrected chi connectivity index (χ3v) is 4.64. The molecule has 3 aromatic carbocycles. The summed E-state index contributed by atoms with van der Waals surface area (Å²) in [4.78, 5) is 0.988. The van der Waals surface area contributed by atoms with E-state index in [2.05, 4.69) is 24.3 Å². The second kappa shape index (κ2) is 8.19. The maximum atomic E-state index is 9.42. The lowest BCUT2D eigenvalue weighted by Crippen LogP contribution is -1.89. The van der Waals surface area contributed by atoms with Crippen molar-refractivity contribution in [1.82, 2.24) is 0 Å². The zero-order valence-electron chi connectivity index (χ0n) is 13.1. The van der Waals surface area contributed by atoms with Gasteiger partial charge < -0.3 is 0 Å². The van der Waals surface area contributed by atoms with Crippen molar-refractivity contribution in [3.8, 4) is 6.07 Å². The first kappa shape index (κ1) is 16.1. The first-order chi connectivity index (χ1) is 11.9. The Hall–Kier alpha value is -2.76. The molecule has 3 aromatic rings. The fourth-order valence-electron chi connectivity index (χ4n) is 2.34. The predicted octanol–water partition coefficient (Wildman–Crippen LogP) is 5.68. The van der Waals surface area contributed by atoms with Crippen molar-refractivity contribution >= 4 is 16.7 Å². The quantitative estimate of drug-likeness (QED) is 0.563. The van der Waals surface area contributed by atoms with E-state index < -0.39 is 0 Å². The first-order valence-corrected chi connectivity index (χ1v) is 8.70. The SMILES string of the molecule is N#Cc1ccccc1C(=[C]c1ccccc1)SCc1ccccc1. The summed E-state index contributed by atoms with van der Waals surface area (Å²) >= 11 is 1.71. The third kappa shape index (κ3) is 4.16. The highest BCUT2D eigenvalue weighted by atomic mass is 32.2. The van der Waals surface area contributed by atoms with Crippen LogP contribution < -0.4 is 0 Å². The van der Waals surface area contributed by atoms with E-state index in [-0.39, 0.29) is 0 Å². The Labute approximate surface area is 147 Å². The minimum absolute atomic E-state index is 0.677. The van der Waals surface area contributed by atoms with E-state index in [0.717, 1.165) is 21.8 Å². The van der Waals surface area contributed by atoms with Gasteiger partial charge in [-0.25, -0.2) is 0 Å². The maximum absolute atomic E-state index is 9.42. The lowest BCUT2D eigenvalue weighted by atomic mass is 10.1. The minimum atomic E-state index is 0.677. The molecule has 0 heterocycles. The van der Waals surface area contributed by atoms with Gasteiger partial charge >= 0.3 is 0 Å². The molecule has 24 heavy (non-hydrogen) atoms. The molecule has 0 spiro atoms. The minimum Gasteiger partial charge on any atom is -0.192 e. The number of rotatable bonds is 5. The van der Waals surface area contributed by atoms with Gasteiger partial charge in [-0.1, -0.05) is 78.9 Å². The Bertz CT molecular complexity index is 861. The van der Waals surface area contributed by atoms with E-state index in [9.17, 15) is 5.26 Å². The molecule has 0 atom stereocenters. The second-order valence-electron chi connectivity index (χ2n) is 5.25. The molecular formula is C22H16NS. The van der Waals surface area contributed by atoms with Crippen LogP contribution in [-0.4, -0.2) is 0 Å². The smallest absolute Gasteiger partial charge is 0.0998 e. The maximum Gasteiger partial charge on any atom is 0.0998 e. The summed E-state index contributed by atoms with van der Waals surface area (Å²) in [6.07, 6.45) is 3.47. The summed E-state index contributed by atoms with van der Waals surface area (Å²) < 4.78 is 0. The zero-order chi connectivity index (χ0) is 16.6. The molecule has 1 radical (unpaired) electrons. The fraction of sp³-hybridized carbons (Fsp3) is 0.0455. The molecular weight excluding hydrogens is 310 g/mol. The van der Waals surface area contributed by atoms with Crippen LogP contribution in [0.4, 0.5) is 0 Å². The van der Waals surface area contributed by atoms with Crippen LogP contribution in [0, 0.1) is 17.4 Å². The number of nitrogens with zero attached hydrogens (tertiary/aromatic N) is 1. The summed E-state index contributed by atoms with van der Waals surface area (Å²) in [5, 5.41) is 9.42. The van der Waals surface area contributed by atoms with Crippen molar-refractivity contribution in [3.05, 3.63) is 113 Å². The van der Waals surface area contributed by atoms with E-state index in [0.29, 0.717) is 5.56 Å². The average Bonchev–Trinajstić information content (AvgIpc) is 2.67. The molecule has 3 rings (SSSR count). The topological polar surface area (TPSA) is 23.8 Å². The van der Waals surface area contributed by atoms with E-state index in [1.807, 2.05) is 72.8 Å². The summed E-state index contributed by atoms with van der Waals surface area (Å²) in [5.74, 6) is 0.843. The van der Waals surface area contributed by atoms with Crippen LogP contribution >= 0.6 is 11.8 Å². The van der Waals surface area contributed by atoms with Crippen LogP contribution in [0.1, 0.15) is 22.3 Å². The molecule has 0 N–H and O–H groups in total. The Morgan fingerprint density at radius 2 is 1.42 bits per heavy atom. The summed E-state index contributed by atoms with van der Waals surface area (Å²) in [5.41, 5.74) is 3.88. The molecule has 115 valence electrons. The standard InChI is InChI=1S/C22H16NS/c23-16-20-13-7-8-14-21(20)22(15-18-9-3-1-4-10-18)24-17-19-11-5-2-6-12-19/h1-14H,17H2. The summed E-state index contributed by atoms with van der Waals surface area (Å²) in [6.45, 7) is 0. The second-order valence-corrected chi connectivity index (χ2v) is 6.24. The monoisotopic (exact) mass is 326 g/mol. The average molecular weight is 326 g/mol. The van der Waals surface area contributed by atoms with E-state index in [4.69, 9.17) is 0 Å². The molecule has 0 aliphatic heterocycles. The Morgan fingerprint density at radius 3 is 2.12 bits per heavy atom. The van der Waals surface area contributed by atoms with Crippen LogP contribution in [0.2, 0.25) is 0 Å². The van der Waals surface area contributed by atoms with Gasteiger partial charge in [0, 0.05) is 22.3 Å². The van der Waals surface area contributed by atoms with Crippen molar-refractivity contribution in [2.45, 2.75) is 5.75 Å². The zero-order valence-corrected chi connectivity index (χ0v) is 14.0. The van der Waals surface area contributed by atoms with Crippen molar-refractivity contribution in [2.24, 2.45) is 0 Å². The van der Waals surface area contributed by atoms with Crippen molar-refractivity contribution in [1.29, 1.82) is 5.26 Å². The number of hydrogen-bond donors (Lipinski definition) is 0. The van der Waals surface area contributed by atoms with E-state index in [1.165, 1.54) is 5.56 Å². The molecule has 0 amide bonds. The normalized spacial score (nSPS) is 11.0. The van der Waals surface area contributed by atoms with Crippen LogP contribution in [0.15, 0.2) is 84.9 Å². The molecule has 0 fully saturated rings. The van der Waals surface area contributed by atoms with Crippen LogP contribution in [0.3, 0.4) is 0 Å². The van der Waals surface area contributed by atoms with Crippen LogP contribution in [0.25, 0.3) is 4.91 Å². The molecule has 0 unspecified atom stereocenters. The highest BCUT2D eigenvalue weighted by molar-refractivity contribution is 8.07. The molecule has 0 aliphatic carbocycles. The molecule has 0 saturated carbocycles. The lowest BCUT2D eigenvalue weighted by Gasteiger charge is -2.09. The fourth-order valence-corrected chi connectivity index (χ4v) is 3.37. The number of hydrogen-bond acceptors (Lipinski definition) is 2. The number of thioether (sulfide) groups is 1. The molecule has 1 nitrogen and oxygen atoms in total. The number of benzene rings is 3. The van der Waals surface area contributed by atoms with Crippen LogP contribution in [-0.2, 0) is 5.75 Å². The summed E-state index contributed by atoms with van der Waals surface area (Å²) in [7, 11) is 0. The van der Waals surface area contributed by atoms with Crippen molar-refractivity contribution < 1.29 is 0 Å². The Kier molecular flexibility index (Phi) is 5.50. The highest BCUT2D eigenvalue weighted by Crippen LogP contribution is 2.33. The van der Waals surface area contributed by atoms with Gasteiger partial charge in [0.05, 0.1) is 11.6 Å². The van der Waals surface area contributed by atoms with Crippen LogP contribution in [0.5, 0.6) is 0 Å². The van der Waals surface area contributed by atoms with Gasteiger partial charge in [0.25, 0.3) is 0 Å². The van der Waals surface area contributed by atoms with Gasteiger partial charge in [0.1, 0.15) is 0 Å². The molecule has 2 heteroatoms. The molecule has 0 bridgehead atoms. The van der Waals surface area contributed by atoms with Crippen molar-refractivity contribution in [3.63, 3.8) is 0 Å². The van der Waals surface area contributed by atoms with Gasteiger partial charge in [-0.05, 0) is 17.2 Å². The van der Waals surface area contributed by atoms with Gasteiger partial charge in [-0.3, -0.25) is 0 Å². The number of nitriles is 1. The van der Waals surface area contributed by atoms with Gasteiger partial charge in [-0.2, -0.15) is 5.26 Å². The van der Waals surface area contributed by atoms with Gasteiger partial charge in [0.2, 0.25) is 0 Å². The molecule has 0 saturated heterocycles. The Balaban J connectivity index is 1.95. The Morgan fingerprint density at radius 1 is 0.792 bits per heavy atom. The molecule has 0 aromatic heterocycles. The summed E-state index contributed by atoms with van der Waals surface area (Å²) in [6, 6.07) is 30.4.